The van der Waals surface area contributed by atoms with Gasteiger partial charge in [0.1, 0.15) is 5.69 Å². The van der Waals surface area contributed by atoms with Crippen molar-refractivity contribution in [3.63, 3.8) is 0 Å². The summed E-state index contributed by atoms with van der Waals surface area (Å²) < 4.78 is 0. The van der Waals surface area contributed by atoms with Crippen LogP contribution in [0.3, 0.4) is 0 Å². The zero-order chi connectivity index (χ0) is 17.8. The third-order valence-corrected chi connectivity index (χ3v) is 4.07. The largest absolute Gasteiger partial charge is 0.353 e. The monoisotopic (exact) mass is 350 g/mol. The fourth-order valence-corrected chi connectivity index (χ4v) is 2.63. The average molecular weight is 351 g/mol. The predicted molar refractivity (Wildman–Crippen MR) is 103 cm³/mol. The van der Waals surface area contributed by atoms with Crippen LogP contribution in [0.5, 0.6) is 0 Å². The Bertz CT molecular complexity index is 866. The third-order valence-electron chi connectivity index (χ3n) is 3.84. The van der Waals surface area contributed by atoms with E-state index in [0.717, 1.165) is 27.7 Å². The summed E-state index contributed by atoms with van der Waals surface area (Å²) >= 11 is 6.01. The maximum Gasteiger partial charge on any atom is 0.109 e. The molecule has 1 aliphatic heterocycles. The molecule has 0 unspecified atom stereocenters. The number of likely N-dealkylation sites (N-methyl/N-ethyl adjacent to an activating group) is 1. The second-order valence-corrected chi connectivity index (χ2v) is 6.28. The minimum atomic E-state index is 0.689. The van der Waals surface area contributed by atoms with E-state index in [4.69, 9.17) is 11.6 Å². The van der Waals surface area contributed by atoms with E-state index in [1.54, 1.807) is 0 Å². The van der Waals surface area contributed by atoms with E-state index >= 15 is 0 Å². The van der Waals surface area contributed by atoms with Crippen molar-refractivity contribution in [3.8, 4) is 0 Å². The lowest BCUT2D eigenvalue weighted by Crippen LogP contribution is -2.19. The average Bonchev–Trinajstić information content (AvgIpc) is 2.59. The number of hydrogen-bond acceptors (Lipinski definition) is 4. The van der Waals surface area contributed by atoms with Gasteiger partial charge in [0.2, 0.25) is 0 Å². The molecule has 0 saturated carbocycles. The summed E-state index contributed by atoms with van der Waals surface area (Å²) in [4.78, 5) is 1.94. The summed E-state index contributed by atoms with van der Waals surface area (Å²) in [7, 11) is 1.95. The van der Waals surface area contributed by atoms with Crippen LogP contribution in [0.25, 0.3) is 5.70 Å². The van der Waals surface area contributed by atoms with E-state index in [-0.39, 0.29) is 0 Å². The number of rotatable bonds is 5. The van der Waals surface area contributed by atoms with E-state index in [0.29, 0.717) is 17.8 Å². The normalized spacial score (nSPS) is 13.6. The second kappa shape index (κ2) is 7.36. The van der Waals surface area contributed by atoms with Crippen molar-refractivity contribution in [2.75, 3.05) is 7.05 Å². The molecule has 25 heavy (non-hydrogen) atoms. The van der Waals surface area contributed by atoms with E-state index in [9.17, 15) is 0 Å². The number of hydrogen-bond donors (Lipinski definition) is 1. The van der Waals surface area contributed by atoms with Gasteiger partial charge in [0.15, 0.2) is 0 Å². The molecule has 0 aliphatic carbocycles. The highest BCUT2D eigenvalue weighted by Crippen LogP contribution is 2.16. The SMILES string of the molecule is C=C(NC1=CN(C)C(=C)C=C1)c1ccc(Cc2cccc(Cl)c2)nn1. The molecule has 1 aliphatic rings. The van der Waals surface area contributed by atoms with E-state index in [2.05, 4.69) is 28.7 Å². The molecule has 0 fully saturated rings. The highest BCUT2D eigenvalue weighted by molar-refractivity contribution is 6.30. The lowest BCUT2D eigenvalue weighted by molar-refractivity contribution is 0.577. The Labute approximate surface area is 152 Å². The Morgan fingerprint density at radius 3 is 2.72 bits per heavy atom. The van der Waals surface area contributed by atoms with Gasteiger partial charge in [-0.2, -0.15) is 5.10 Å². The van der Waals surface area contributed by atoms with Gasteiger partial charge in [-0.25, -0.2) is 0 Å². The first kappa shape index (κ1) is 17.0. The first-order chi connectivity index (χ1) is 12.0. The zero-order valence-electron chi connectivity index (χ0n) is 14.0. The van der Waals surface area contributed by atoms with Crippen LogP contribution in [0.2, 0.25) is 5.02 Å². The lowest BCUT2D eigenvalue weighted by atomic mass is 10.1. The molecule has 0 spiro atoms. The van der Waals surface area contributed by atoms with Crippen LogP contribution in [-0.2, 0) is 6.42 Å². The number of nitrogens with zero attached hydrogens (tertiary/aromatic N) is 3. The molecule has 2 aromatic rings. The Morgan fingerprint density at radius 1 is 1.20 bits per heavy atom. The Hall–Kier alpha value is -2.85. The fraction of sp³-hybridized carbons (Fsp3) is 0.100. The van der Waals surface area contributed by atoms with Gasteiger partial charge in [0.25, 0.3) is 0 Å². The minimum Gasteiger partial charge on any atom is -0.353 e. The van der Waals surface area contributed by atoms with Gasteiger partial charge in [-0.3, -0.25) is 0 Å². The van der Waals surface area contributed by atoms with Gasteiger partial charge in [0, 0.05) is 30.4 Å². The van der Waals surface area contributed by atoms with Gasteiger partial charge >= 0.3 is 0 Å². The van der Waals surface area contributed by atoms with Crippen molar-refractivity contribution in [2.45, 2.75) is 6.42 Å². The van der Waals surface area contributed by atoms with Gasteiger partial charge in [-0.05, 0) is 42.0 Å². The summed E-state index contributed by atoms with van der Waals surface area (Å²) in [5.74, 6) is 0. The van der Waals surface area contributed by atoms with Crippen LogP contribution in [-0.4, -0.2) is 22.1 Å². The van der Waals surface area contributed by atoms with Crippen LogP contribution >= 0.6 is 11.6 Å². The Kier molecular flexibility index (Phi) is 5.00. The van der Waals surface area contributed by atoms with Gasteiger partial charge in [0.05, 0.1) is 17.1 Å². The standard InChI is InChI=1S/C20H19ClN4/c1-14-7-8-19(13-25(14)3)22-15(2)20-10-9-18(23-24-20)12-16-5-4-6-17(21)11-16/h4-11,13,22H,1-2,12H2,3H3. The molecule has 1 aromatic carbocycles. The summed E-state index contributed by atoms with van der Waals surface area (Å²) in [6.45, 7) is 7.97. The molecule has 3 rings (SSSR count). The van der Waals surface area contributed by atoms with Crippen molar-refractivity contribution in [1.29, 1.82) is 0 Å². The number of aromatic nitrogens is 2. The summed E-state index contributed by atoms with van der Waals surface area (Å²) in [5.41, 5.74) is 5.24. The predicted octanol–water partition coefficient (Wildman–Crippen LogP) is 4.14. The maximum absolute atomic E-state index is 6.01. The van der Waals surface area contributed by atoms with Crippen molar-refractivity contribution in [3.05, 3.63) is 101 Å². The van der Waals surface area contributed by atoms with E-state index in [1.807, 2.05) is 66.7 Å². The zero-order valence-corrected chi connectivity index (χ0v) is 14.8. The topological polar surface area (TPSA) is 41.0 Å². The van der Waals surface area contributed by atoms with Crippen molar-refractivity contribution in [2.24, 2.45) is 0 Å². The van der Waals surface area contributed by atoms with Crippen molar-refractivity contribution in [1.82, 2.24) is 20.4 Å². The maximum atomic E-state index is 6.01. The molecule has 0 atom stereocenters. The van der Waals surface area contributed by atoms with Crippen molar-refractivity contribution < 1.29 is 0 Å². The first-order valence-corrected chi connectivity index (χ1v) is 8.24. The minimum absolute atomic E-state index is 0.689. The molecule has 1 aromatic heterocycles. The number of allylic oxidation sites excluding steroid dienone is 2. The molecule has 1 N–H and O–H groups in total. The summed E-state index contributed by atoms with van der Waals surface area (Å²) in [6, 6.07) is 11.6. The molecule has 0 radical (unpaired) electrons. The first-order valence-electron chi connectivity index (χ1n) is 7.86. The van der Waals surface area contributed by atoms with Gasteiger partial charge < -0.3 is 10.2 Å². The smallest absolute Gasteiger partial charge is 0.109 e. The fourth-order valence-electron chi connectivity index (χ4n) is 2.42. The lowest BCUT2D eigenvalue weighted by Gasteiger charge is -2.21. The highest BCUT2D eigenvalue weighted by atomic mass is 35.5. The van der Waals surface area contributed by atoms with Gasteiger partial charge in [-0.15, -0.1) is 5.10 Å². The molecular weight excluding hydrogens is 332 g/mol. The van der Waals surface area contributed by atoms with Crippen LogP contribution in [0.15, 0.2) is 79.3 Å². The van der Waals surface area contributed by atoms with Crippen LogP contribution in [0, 0.1) is 0 Å². The number of nitrogens with one attached hydrogen (secondary N) is 1. The molecular formula is C20H19ClN4. The molecule has 5 heteroatoms. The van der Waals surface area contributed by atoms with E-state index < -0.39 is 0 Å². The highest BCUT2D eigenvalue weighted by Gasteiger charge is 2.08. The second-order valence-electron chi connectivity index (χ2n) is 5.84. The molecule has 126 valence electrons. The van der Waals surface area contributed by atoms with Crippen LogP contribution in [0.1, 0.15) is 17.0 Å². The molecule has 0 amide bonds. The van der Waals surface area contributed by atoms with Crippen LogP contribution < -0.4 is 5.32 Å². The number of benzene rings is 1. The molecule has 4 nitrogen and oxygen atoms in total. The van der Waals surface area contributed by atoms with Crippen molar-refractivity contribution >= 4 is 17.3 Å². The molecule has 0 saturated heterocycles. The van der Waals surface area contributed by atoms with Crippen LogP contribution in [0.4, 0.5) is 0 Å². The Balaban J connectivity index is 1.66. The number of halogens is 1. The summed E-state index contributed by atoms with van der Waals surface area (Å²) in [5, 5.41) is 12.5. The van der Waals surface area contributed by atoms with E-state index in [1.165, 1.54) is 0 Å². The summed E-state index contributed by atoms with van der Waals surface area (Å²) in [6.07, 6.45) is 6.53. The quantitative estimate of drug-likeness (QED) is 0.880. The molecule has 2 heterocycles. The van der Waals surface area contributed by atoms with Gasteiger partial charge in [-0.1, -0.05) is 36.9 Å². The Morgan fingerprint density at radius 2 is 2.04 bits per heavy atom. The molecule has 0 bridgehead atoms. The third kappa shape index (κ3) is 4.37.